The Morgan fingerprint density at radius 2 is 2.00 bits per heavy atom. The van der Waals surface area contributed by atoms with E-state index < -0.39 is 0 Å². The van der Waals surface area contributed by atoms with Gasteiger partial charge in [-0.3, -0.25) is 0 Å². The van der Waals surface area contributed by atoms with Crippen LogP contribution in [0.3, 0.4) is 0 Å². The quantitative estimate of drug-likeness (QED) is 0.759. The van der Waals surface area contributed by atoms with Crippen LogP contribution in [0.15, 0.2) is 30.0 Å². The van der Waals surface area contributed by atoms with E-state index in [0.29, 0.717) is 12.1 Å². The van der Waals surface area contributed by atoms with E-state index in [-0.39, 0.29) is 6.17 Å². The SMILES string of the molecule is CC(C)CN1C2=C(NC1C)C(N)Nc1ccccc12. The summed E-state index contributed by atoms with van der Waals surface area (Å²) >= 11 is 0. The summed E-state index contributed by atoms with van der Waals surface area (Å²) in [5.41, 5.74) is 11.0. The lowest BCUT2D eigenvalue weighted by molar-refractivity contribution is 0.279. The Kier molecular flexibility index (Phi) is 2.90. The molecule has 1 aromatic carbocycles. The molecule has 2 unspecified atom stereocenters. The van der Waals surface area contributed by atoms with Crippen LogP contribution in [0.25, 0.3) is 5.70 Å². The Bertz CT molecular complexity index is 521. The van der Waals surface area contributed by atoms with Crippen molar-refractivity contribution < 1.29 is 0 Å². The van der Waals surface area contributed by atoms with Gasteiger partial charge in [0.2, 0.25) is 0 Å². The van der Waals surface area contributed by atoms with E-state index in [1.807, 2.05) is 6.07 Å². The molecule has 0 amide bonds. The van der Waals surface area contributed by atoms with Crippen molar-refractivity contribution in [2.24, 2.45) is 11.7 Å². The Balaban J connectivity index is 2.07. The second kappa shape index (κ2) is 4.46. The molecular weight excluding hydrogens is 236 g/mol. The minimum absolute atomic E-state index is 0.149. The van der Waals surface area contributed by atoms with Crippen LogP contribution in [0.1, 0.15) is 26.3 Å². The minimum atomic E-state index is -0.149. The van der Waals surface area contributed by atoms with Crippen LogP contribution in [0.2, 0.25) is 0 Å². The van der Waals surface area contributed by atoms with Gasteiger partial charge < -0.3 is 21.3 Å². The largest absolute Gasteiger partial charge is 0.364 e. The molecular formula is C15H22N4. The van der Waals surface area contributed by atoms with E-state index in [4.69, 9.17) is 5.73 Å². The minimum Gasteiger partial charge on any atom is -0.364 e. The van der Waals surface area contributed by atoms with Crippen LogP contribution in [0, 0.1) is 5.92 Å². The number of para-hydroxylation sites is 1. The fourth-order valence-corrected chi connectivity index (χ4v) is 2.95. The molecule has 19 heavy (non-hydrogen) atoms. The number of hydrogen-bond acceptors (Lipinski definition) is 4. The number of benzene rings is 1. The zero-order valence-corrected chi connectivity index (χ0v) is 11.8. The molecule has 0 spiro atoms. The van der Waals surface area contributed by atoms with Crippen LogP contribution in [0.5, 0.6) is 0 Å². The number of anilines is 1. The first-order valence-electron chi connectivity index (χ1n) is 6.97. The zero-order chi connectivity index (χ0) is 13.6. The highest BCUT2D eigenvalue weighted by Gasteiger charge is 2.36. The third-order valence-electron chi connectivity index (χ3n) is 3.74. The smallest absolute Gasteiger partial charge is 0.118 e. The van der Waals surface area contributed by atoms with Crippen LogP contribution >= 0.6 is 0 Å². The Hall–Kier alpha value is -1.68. The lowest BCUT2D eigenvalue weighted by atomic mass is 10.0. The van der Waals surface area contributed by atoms with Gasteiger partial charge in [-0.05, 0) is 18.9 Å². The lowest BCUT2D eigenvalue weighted by Gasteiger charge is -2.31. The summed E-state index contributed by atoms with van der Waals surface area (Å²) < 4.78 is 0. The maximum Gasteiger partial charge on any atom is 0.118 e. The summed E-state index contributed by atoms with van der Waals surface area (Å²) in [5, 5.41) is 6.88. The second-order valence-corrected chi connectivity index (χ2v) is 5.80. The molecule has 4 N–H and O–H groups in total. The standard InChI is InChI=1S/C15H22N4/c1-9(2)8-19-10(3)17-13-14(19)11-6-4-5-7-12(11)18-15(13)16/h4-7,9-10,15,17-18H,8,16H2,1-3H3. The fraction of sp³-hybridized carbons (Fsp3) is 0.467. The van der Waals surface area contributed by atoms with Crippen molar-refractivity contribution in [2.45, 2.75) is 33.1 Å². The summed E-state index contributed by atoms with van der Waals surface area (Å²) in [5.74, 6) is 0.620. The molecule has 0 aromatic heterocycles. The van der Waals surface area contributed by atoms with Crippen molar-refractivity contribution in [1.82, 2.24) is 10.2 Å². The van der Waals surface area contributed by atoms with Crippen molar-refractivity contribution in [3.8, 4) is 0 Å². The molecule has 102 valence electrons. The van der Waals surface area contributed by atoms with Gasteiger partial charge >= 0.3 is 0 Å². The van der Waals surface area contributed by atoms with Crippen molar-refractivity contribution >= 4 is 11.4 Å². The molecule has 4 heteroatoms. The molecule has 0 saturated heterocycles. The van der Waals surface area contributed by atoms with E-state index in [1.54, 1.807) is 0 Å². The number of nitrogens with one attached hydrogen (secondary N) is 2. The Morgan fingerprint density at radius 3 is 2.74 bits per heavy atom. The predicted molar refractivity (Wildman–Crippen MR) is 79.1 cm³/mol. The van der Waals surface area contributed by atoms with Gasteiger partial charge in [-0.2, -0.15) is 0 Å². The molecule has 2 aliphatic heterocycles. The molecule has 0 aliphatic carbocycles. The molecule has 0 fully saturated rings. The summed E-state index contributed by atoms with van der Waals surface area (Å²) in [7, 11) is 0. The third kappa shape index (κ3) is 1.96. The average Bonchev–Trinajstić information content (AvgIpc) is 2.68. The molecule has 2 atom stereocenters. The van der Waals surface area contributed by atoms with Gasteiger partial charge in [0.25, 0.3) is 0 Å². The highest BCUT2D eigenvalue weighted by molar-refractivity contribution is 5.82. The molecule has 0 bridgehead atoms. The topological polar surface area (TPSA) is 53.3 Å². The first kappa shape index (κ1) is 12.4. The van der Waals surface area contributed by atoms with E-state index in [0.717, 1.165) is 17.9 Å². The van der Waals surface area contributed by atoms with Gasteiger partial charge in [0.05, 0.1) is 17.6 Å². The van der Waals surface area contributed by atoms with Gasteiger partial charge in [-0.1, -0.05) is 32.0 Å². The molecule has 4 nitrogen and oxygen atoms in total. The monoisotopic (exact) mass is 258 g/mol. The van der Waals surface area contributed by atoms with E-state index in [1.165, 1.54) is 11.3 Å². The fourth-order valence-electron chi connectivity index (χ4n) is 2.95. The molecule has 1 aromatic rings. The molecule has 2 aliphatic rings. The van der Waals surface area contributed by atoms with Gasteiger partial charge in [0.15, 0.2) is 0 Å². The van der Waals surface area contributed by atoms with Crippen LogP contribution in [-0.4, -0.2) is 23.8 Å². The van der Waals surface area contributed by atoms with Gasteiger partial charge in [-0.25, -0.2) is 0 Å². The zero-order valence-electron chi connectivity index (χ0n) is 11.8. The Labute approximate surface area is 114 Å². The number of fused-ring (bicyclic) bond motifs is 2. The maximum absolute atomic E-state index is 6.23. The van der Waals surface area contributed by atoms with Crippen LogP contribution < -0.4 is 16.4 Å². The average molecular weight is 258 g/mol. The highest BCUT2D eigenvalue weighted by atomic mass is 15.4. The summed E-state index contributed by atoms with van der Waals surface area (Å²) in [6.07, 6.45) is 0.149. The number of nitrogens with zero attached hydrogens (tertiary/aromatic N) is 1. The van der Waals surface area contributed by atoms with E-state index >= 15 is 0 Å². The van der Waals surface area contributed by atoms with Crippen molar-refractivity contribution in [1.29, 1.82) is 0 Å². The van der Waals surface area contributed by atoms with E-state index in [2.05, 4.69) is 54.5 Å². The number of rotatable bonds is 2. The lowest BCUT2D eigenvalue weighted by Crippen LogP contribution is -2.40. The normalized spacial score (nSPS) is 25.0. The van der Waals surface area contributed by atoms with E-state index in [9.17, 15) is 0 Å². The van der Waals surface area contributed by atoms with Crippen molar-refractivity contribution in [3.63, 3.8) is 0 Å². The van der Waals surface area contributed by atoms with Crippen molar-refractivity contribution in [2.75, 3.05) is 11.9 Å². The van der Waals surface area contributed by atoms with Gasteiger partial charge in [0, 0.05) is 17.8 Å². The summed E-state index contributed by atoms with van der Waals surface area (Å²) in [4.78, 5) is 2.43. The van der Waals surface area contributed by atoms with Crippen LogP contribution in [-0.2, 0) is 0 Å². The van der Waals surface area contributed by atoms with Crippen LogP contribution in [0.4, 0.5) is 5.69 Å². The second-order valence-electron chi connectivity index (χ2n) is 5.80. The summed E-state index contributed by atoms with van der Waals surface area (Å²) in [6.45, 7) is 7.72. The first-order chi connectivity index (χ1) is 9.08. The number of nitrogens with two attached hydrogens (primary N) is 1. The van der Waals surface area contributed by atoms with Gasteiger partial charge in [-0.15, -0.1) is 0 Å². The molecule has 0 saturated carbocycles. The molecule has 3 rings (SSSR count). The van der Waals surface area contributed by atoms with Gasteiger partial charge in [0.1, 0.15) is 6.17 Å². The Morgan fingerprint density at radius 1 is 1.26 bits per heavy atom. The molecule has 0 radical (unpaired) electrons. The van der Waals surface area contributed by atoms with Crippen molar-refractivity contribution in [3.05, 3.63) is 35.5 Å². The summed E-state index contributed by atoms with van der Waals surface area (Å²) in [6, 6.07) is 8.38. The predicted octanol–water partition coefficient (Wildman–Crippen LogP) is 1.97. The number of hydrogen-bond donors (Lipinski definition) is 3. The third-order valence-corrected chi connectivity index (χ3v) is 3.74. The molecule has 2 heterocycles. The maximum atomic E-state index is 6.23. The first-order valence-corrected chi connectivity index (χ1v) is 6.97. The highest BCUT2D eigenvalue weighted by Crippen LogP contribution is 2.38.